The number of pyridine rings is 1. The van der Waals surface area contributed by atoms with E-state index in [0.29, 0.717) is 40.4 Å². The number of rotatable bonds is 10. The van der Waals surface area contributed by atoms with Crippen LogP contribution in [0.1, 0.15) is 46.3 Å². The maximum absolute atomic E-state index is 14.4. The number of nitrogens with one attached hydrogen (secondary N) is 1. The van der Waals surface area contributed by atoms with Crippen LogP contribution in [0.2, 0.25) is 0 Å². The van der Waals surface area contributed by atoms with E-state index < -0.39 is 17.6 Å². The van der Waals surface area contributed by atoms with Crippen LogP contribution < -0.4 is 15.0 Å². The predicted octanol–water partition coefficient (Wildman–Crippen LogP) is 5.40. The zero-order chi connectivity index (χ0) is 33.1. The first-order valence-corrected chi connectivity index (χ1v) is 15.1. The summed E-state index contributed by atoms with van der Waals surface area (Å²) in [5.74, 6) is 0.234. The first-order chi connectivity index (χ1) is 22.7. The topological polar surface area (TPSA) is 136 Å². The molecule has 6 rings (SSSR count). The smallest absolute Gasteiger partial charge is 0.416 e. The second-order valence-electron chi connectivity index (χ2n) is 11.4. The van der Waals surface area contributed by atoms with Gasteiger partial charge in [0.2, 0.25) is 0 Å². The van der Waals surface area contributed by atoms with Crippen LogP contribution >= 0.6 is 0 Å². The van der Waals surface area contributed by atoms with Crippen LogP contribution in [0.15, 0.2) is 48.8 Å². The first kappa shape index (κ1) is 31.5. The minimum Gasteiger partial charge on any atom is -0.492 e. The standard InChI is InChI=1S/C33H30F3N9O2/c1-43-20-40-42-31(43)24-6-5-21(18-38)13-25(24)22-14-29(39-8-4-7-37)41-30(15-22)45-19-27-26(32(45)46)16-23(17-28(27)33(34,35)36)47-12-11-44-9-2-3-10-44/h5-6,13-17,20H,2-4,8-12,19H2,1H3,(H,39,41). The van der Waals surface area contributed by atoms with Crippen molar-refractivity contribution in [1.29, 1.82) is 10.5 Å². The third-order valence-electron chi connectivity index (χ3n) is 8.24. The van der Waals surface area contributed by atoms with Gasteiger partial charge in [0.1, 0.15) is 30.3 Å². The molecule has 2 aliphatic heterocycles. The SMILES string of the molecule is Cn1cnnc1-c1ccc(C#N)cc1-c1cc(NCCC#N)nc(N2Cc3c(cc(OCCN4CCCC4)cc3C(F)(F)F)C2=O)c1. The summed E-state index contributed by atoms with van der Waals surface area (Å²) in [4.78, 5) is 21.8. The van der Waals surface area contributed by atoms with E-state index in [2.05, 4.69) is 31.5 Å². The summed E-state index contributed by atoms with van der Waals surface area (Å²) in [7, 11) is 1.77. The fourth-order valence-electron chi connectivity index (χ4n) is 5.92. The second-order valence-corrected chi connectivity index (χ2v) is 11.4. The Morgan fingerprint density at radius 3 is 2.55 bits per heavy atom. The van der Waals surface area contributed by atoms with Crippen molar-refractivity contribution in [3.63, 3.8) is 0 Å². The van der Waals surface area contributed by atoms with Crippen LogP contribution in [-0.4, -0.2) is 63.3 Å². The average molecular weight is 642 g/mol. The van der Waals surface area contributed by atoms with Crippen molar-refractivity contribution in [2.75, 3.05) is 43.0 Å². The number of fused-ring (bicyclic) bond motifs is 1. The van der Waals surface area contributed by atoms with Gasteiger partial charge in [-0.15, -0.1) is 10.2 Å². The summed E-state index contributed by atoms with van der Waals surface area (Å²) in [6.45, 7) is 2.51. The number of aromatic nitrogens is 4. The minimum atomic E-state index is -4.73. The molecule has 0 spiro atoms. The maximum atomic E-state index is 14.4. The van der Waals surface area contributed by atoms with Gasteiger partial charge >= 0.3 is 6.18 Å². The monoisotopic (exact) mass is 641 g/mol. The van der Waals surface area contributed by atoms with E-state index in [9.17, 15) is 23.2 Å². The number of halogens is 3. The molecule has 0 aliphatic carbocycles. The van der Waals surface area contributed by atoms with E-state index in [1.165, 1.54) is 17.3 Å². The first-order valence-electron chi connectivity index (χ1n) is 15.1. The summed E-state index contributed by atoms with van der Waals surface area (Å²) in [6, 6.07) is 14.8. The Balaban J connectivity index is 1.40. The molecule has 14 heteroatoms. The molecule has 0 bridgehead atoms. The average Bonchev–Trinajstić information content (AvgIpc) is 3.81. The Kier molecular flexibility index (Phi) is 8.78. The van der Waals surface area contributed by atoms with Gasteiger partial charge in [0, 0.05) is 31.3 Å². The predicted molar refractivity (Wildman–Crippen MR) is 166 cm³/mol. The van der Waals surface area contributed by atoms with E-state index in [1.54, 1.807) is 41.9 Å². The molecule has 47 heavy (non-hydrogen) atoms. The lowest BCUT2D eigenvalue weighted by Crippen LogP contribution is -2.25. The lowest BCUT2D eigenvalue weighted by atomic mass is 9.97. The molecule has 4 heterocycles. The fraction of sp³-hybridized carbons (Fsp3) is 0.333. The molecule has 1 fully saturated rings. The van der Waals surface area contributed by atoms with Crippen molar-refractivity contribution in [3.05, 3.63) is 71.0 Å². The van der Waals surface area contributed by atoms with E-state index >= 15 is 0 Å². The highest BCUT2D eigenvalue weighted by molar-refractivity contribution is 6.10. The highest BCUT2D eigenvalue weighted by Crippen LogP contribution is 2.42. The molecule has 240 valence electrons. The summed E-state index contributed by atoms with van der Waals surface area (Å²) in [5.41, 5.74) is 0.892. The zero-order valence-electron chi connectivity index (χ0n) is 25.5. The number of nitriles is 2. The van der Waals surface area contributed by atoms with Crippen molar-refractivity contribution in [3.8, 4) is 40.4 Å². The normalized spacial score (nSPS) is 14.6. The van der Waals surface area contributed by atoms with Gasteiger partial charge in [-0.1, -0.05) is 0 Å². The largest absolute Gasteiger partial charge is 0.492 e. The van der Waals surface area contributed by atoms with Crippen molar-refractivity contribution in [2.45, 2.75) is 32.0 Å². The van der Waals surface area contributed by atoms with E-state index in [1.807, 2.05) is 6.07 Å². The van der Waals surface area contributed by atoms with Crippen LogP contribution in [0, 0.1) is 22.7 Å². The Morgan fingerprint density at radius 2 is 1.85 bits per heavy atom. The molecule has 2 aromatic carbocycles. The number of amides is 1. The van der Waals surface area contributed by atoms with Gasteiger partial charge in [-0.2, -0.15) is 23.7 Å². The molecular formula is C33H30F3N9O2. The van der Waals surface area contributed by atoms with Crippen LogP contribution in [0.25, 0.3) is 22.5 Å². The number of alkyl halides is 3. The summed E-state index contributed by atoms with van der Waals surface area (Å²) < 4.78 is 50.6. The molecule has 1 saturated heterocycles. The third-order valence-corrected chi connectivity index (χ3v) is 8.24. The van der Waals surface area contributed by atoms with Gasteiger partial charge in [0.25, 0.3) is 5.91 Å². The number of benzene rings is 2. The molecule has 4 aromatic rings. The molecule has 1 amide bonds. The van der Waals surface area contributed by atoms with E-state index in [-0.39, 0.29) is 48.8 Å². The number of aryl methyl sites for hydroxylation is 1. The molecule has 0 saturated carbocycles. The summed E-state index contributed by atoms with van der Waals surface area (Å²) in [6.07, 6.45) is -0.864. The summed E-state index contributed by atoms with van der Waals surface area (Å²) >= 11 is 0. The number of hydrogen-bond donors (Lipinski definition) is 1. The van der Waals surface area contributed by atoms with Crippen LogP contribution in [0.3, 0.4) is 0 Å². The zero-order valence-corrected chi connectivity index (χ0v) is 25.5. The number of carbonyl (C=O) groups is 1. The molecule has 0 atom stereocenters. The van der Waals surface area contributed by atoms with Gasteiger partial charge in [0.05, 0.1) is 36.2 Å². The highest BCUT2D eigenvalue weighted by Gasteiger charge is 2.41. The van der Waals surface area contributed by atoms with Crippen molar-refractivity contribution < 1.29 is 22.7 Å². The van der Waals surface area contributed by atoms with Crippen molar-refractivity contribution in [2.24, 2.45) is 7.05 Å². The fourth-order valence-corrected chi connectivity index (χ4v) is 5.92. The van der Waals surface area contributed by atoms with Gasteiger partial charge < -0.3 is 14.6 Å². The molecule has 0 radical (unpaired) electrons. The number of anilines is 2. The Morgan fingerprint density at radius 1 is 1.04 bits per heavy atom. The third kappa shape index (κ3) is 6.59. The molecule has 2 aromatic heterocycles. The van der Waals surface area contributed by atoms with Gasteiger partial charge in [-0.25, -0.2) is 4.98 Å². The minimum absolute atomic E-state index is 0.0207. The quantitative estimate of drug-likeness (QED) is 0.226. The van der Waals surface area contributed by atoms with Gasteiger partial charge in [-0.05, 0) is 85.1 Å². The molecule has 11 nitrogen and oxygen atoms in total. The molecule has 1 N–H and O–H groups in total. The lowest BCUT2D eigenvalue weighted by molar-refractivity contribution is -0.138. The Hall–Kier alpha value is -5.47. The Labute approximate surface area is 268 Å². The molecular weight excluding hydrogens is 611 g/mol. The lowest BCUT2D eigenvalue weighted by Gasteiger charge is -2.19. The van der Waals surface area contributed by atoms with Gasteiger partial charge in [-0.3, -0.25) is 14.6 Å². The number of carbonyl (C=O) groups excluding carboxylic acids is 1. The van der Waals surface area contributed by atoms with E-state index in [4.69, 9.17) is 10.00 Å². The maximum Gasteiger partial charge on any atom is 0.416 e. The summed E-state index contributed by atoms with van der Waals surface area (Å²) in [5, 5.41) is 30.0. The van der Waals surface area contributed by atoms with Crippen molar-refractivity contribution in [1.82, 2.24) is 24.6 Å². The van der Waals surface area contributed by atoms with E-state index in [0.717, 1.165) is 32.0 Å². The number of hydrogen-bond acceptors (Lipinski definition) is 9. The van der Waals surface area contributed by atoms with Gasteiger partial charge in [0.15, 0.2) is 5.82 Å². The molecule has 2 aliphatic rings. The molecule has 0 unspecified atom stereocenters. The Bertz CT molecular complexity index is 1900. The van der Waals surface area contributed by atoms with Crippen LogP contribution in [-0.2, 0) is 19.8 Å². The number of likely N-dealkylation sites (tertiary alicyclic amines) is 1. The number of ether oxygens (including phenoxy) is 1. The highest BCUT2D eigenvalue weighted by atomic mass is 19.4. The van der Waals surface area contributed by atoms with Crippen LogP contribution in [0.4, 0.5) is 24.8 Å². The second kappa shape index (κ2) is 13.1. The van der Waals surface area contributed by atoms with Crippen LogP contribution in [0.5, 0.6) is 5.75 Å². The number of nitrogens with zero attached hydrogens (tertiary/aromatic N) is 8. The van der Waals surface area contributed by atoms with Crippen molar-refractivity contribution >= 4 is 17.5 Å².